The Morgan fingerprint density at radius 3 is 3.15 bits per heavy atom. The topological polar surface area (TPSA) is 59.8 Å². The van der Waals surface area contributed by atoms with Crippen molar-refractivity contribution in [3.63, 3.8) is 0 Å². The second kappa shape index (κ2) is 5.36. The van der Waals surface area contributed by atoms with Crippen molar-refractivity contribution in [3.05, 3.63) is 34.3 Å². The first-order valence-electron chi connectivity index (χ1n) is 6.90. The summed E-state index contributed by atoms with van der Waals surface area (Å²) in [4.78, 5) is 20.9. The van der Waals surface area contributed by atoms with Crippen LogP contribution in [-0.4, -0.2) is 26.5 Å². The molecule has 1 aliphatic heterocycles. The van der Waals surface area contributed by atoms with Gasteiger partial charge in [-0.25, -0.2) is 9.97 Å². The monoisotopic (exact) mass is 290 g/mol. The van der Waals surface area contributed by atoms with E-state index in [0.717, 1.165) is 30.9 Å². The van der Waals surface area contributed by atoms with Gasteiger partial charge in [0.2, 0.25) is 0 Å². The number of amides is 1. The minimum Gasteiger partial charge on any atom is -0.345 e. The van der Waals surface area contributed by atoms with Gasteiger partial charge < -0.3 is 9.88 Å². The zero-order chi connectivity index (χ0) is 14.1. The quantitative estimate of drug-likeness (QED) is 0.943. The van der Waals surface area contributed by atoms with Crippen LogP contribution in [0, 0.1) is 0 Å². The molecule has 0 radical (unpaired) electrons. The molecule has 3 heterocycles. The first-order valence-corrected chi connectivity index (χ1v) is 7.77. The predicted molar refractivity (Wildman–Crippen MR) is 78.0 cm³/mol. The molecule has 0 aliphatic carbocycles. The standard InChI is InChI=1S/C14H18N4OS/c1-9(2)11-8-20-14(17-11)13(19)16-10-3-4-12-15-5-6-18(12)7-10/h5-6,8-10H,3-4,7H2,1-2H3,(H,16,19)/t10-/m1/s1. The van der Waals surface area contributed by atoms with Crippen molar-refractivity contribution in [1.29, 1.82) is 0 Å². The fourth-order valence-corrected chi connectivity index (χ4v) is 3.27. The molecule has 0 aromatic carbocycles. The number of nitrogens with one attached hydrogen (secondary N) is 1. The summed E-state index contributed by atoms with van der Waals surface area (Å²) in [6, 6.07) is 0.163. The van der Waals surface area contributed by atoms with Crippen LogP contribution in [0.15, 0.2) is 17.8 Å². The first kappa shape index (κ1) is 13.3. The summed E-state index contributed by atoms with van der Waals surface area (Å²) < 4.78 is 2.11. The molecule has 3 rings (SSSR count). The van der Waals surface area contributed by atoms with Crippen molar-refractivity contribution >= 4 is 17.2 Å². The minimum absolute atomic E-state index is 0.0598. The molecule has 1 atom stereocenters. The molecule has 5 nitrogen and oxygen atoms in total. The number of nitrogens with zero attached hydrogens (tertiary/aromatic N) is 3. The highest BCUT2D eigenvalue weighted by atomic mass is 32.1. The molecule has 2 aromatic rings. The average Bonchev–Trinajstić information content (AvgIpc) is 3.07. The number of fused-ring (bicyclic) bond motifs is 1. The van der Waals surface area contributed by atoms with Gasteiger partial charge in [-0.3, -0.25) is 4.79 Å². The molecule has 0 unspecified atom stereocenters. The fourth-order valence-electron chi connectivity index (χ4n) is 2.39. The highest BCUT2D eigenvalue weighted by Crippen LogP contribution is 2.18. The molecule has 2 aromatic heterocycles. The number of carbonyl (C=O) groups is 1. The average molecular weight is 290 g/mol. The Labute approximate surface area is 122 Å². The van der Waals surface area contributed by atoms with Crippen molar-refractivity contribution in [2.75, 3.05) is 0 Å². The number of rotatable bonds is 3. The first-order chi connectivity index (χ1) is 9.63. The molecule has 1 amide bonds. The van der Waals surface area contributed by atoms with E-state index in [0.29, 0.717) is 10.9 Å². The summed E-state index contributed by atoms with van der Waals surface area (Å²) in [6.07, 6.45) is 5.63. The van der Waals surface area contributed by atoms with Gasteiger partial charge in [-0.2, -0.15) is 0 Å². The summed E-state index contributed by atoms with van der Waals surface area (Å²) >= 11 is 1.42. The summed E-state index contributed by atoms with van der Waals surface area (Å²) in [5.41, 5.74) is 0.987. The Kier molecular flexibility index (Phi) is 3.56. The van der Waals surface area contributed by atoms with E-state index in [1.807, 2.05) is 17.8 Å². The highest BCUT2D eigenvalue weighted by molar-refractivity contribution is 7.11. The second-order valence-electron chi connectivity index (χ2n) is 5.44. The molecule has 0 fully saturated rings. The number of carbonyl (C=O) groups excluding carboxylic acids is 1. The van der Waals surface area contributed by atoms with Crippen molar-refractivity contribution in [2.24, 2.45) is 0 Å². The third kappa shape index (κ3) is 2.60. The van der Waals surface area contributed by atoms with E-state index in [-0.39, 0.29) is 11.9 Å². The van der Waals surface area contributed by atoms with Crippen LogP contribution in [0.5, 0.6) is 0 Å². The third-order valence-corrected chi connectivity index (χ3v) is 4.44. The summed E-state index contributed by atoms with van der Waals surface area (Å²) in [6.45, 7) is 4.96. The van der Waals surface area contributed by atoms with Crippen LogP contribution < -0.4 is 5.32 Å². The van der Waals surface area contributed by atoms with Gasteiger partial charge in [0.15, 0.2) is 5.01 Å². The lowest BCUT2D eigenvalue weighted by molar-refractivity contribution is 0.0927. The van der Waals surface area contributed by atoms with Crippen molar-refractivity contribution in [3.8, 4) is 0 Å². The van der Waals surface area contributed by atoms with Crippen molar-refractivity contribution in [2.45, 2.75) is 45.2 Å². The molecule has 0 saturated carbocycles. The maximum atomic E-state index is 12.2. The number of thiazole rings is 1. The van der Waals surface area contributed by atoms with E-state index in [2.05, 4.69) is 33.7 Å². The van der Waals surface area contributed by atoms with Gasteiger partial charge >= 0.3 is 0 Å². The Hall–Kier alpha value is -1.69. The Bertz CT molecular complexity index is 616. The van der Waals surface area contributed by atoms with Crippen LogP contribution in [0.4, 0.5) is 0 Å². The van der Waals surface area contributed by atoms with Crippen LogP contribution in [0.2, 0.25) is 0 Å². The van der Waals surface area contributed by atoms with Gasteiger partial charge in [0.1, 0.15) is 5.82 Å². The van der Waals surface area contributed by atoms with Gasteiger partial charge in [0.25, 0.3) is 5.91 Å². The van der Waals surface area contributed by atoms with E-state index in [1.165, 1.54) is 11.3 Å². The molecular weight excluding hydrogens is 272 g/mol. The lowest BCUT2D eigenvalue weighted by Gasteiger charge is -2.24. The van der Waals surface area contributed by atoms with E-state index < -0.39 is 0 Å². The van der Waals surface area contributed by atoms with E-state index >= 15 is 0 Å². The summed E-state index contributed by atoms with van der Waals surface area (Å²) in [7, 11) is 0. The van der Waals surface area contributed by atoms with Gasteiger partial charge in [0.05, 0.1) is 5.69 Å². The zero-order valence-electron chi connectivity index (χ0n) is 11.7. The molecule has 1 N–H and O–H groups in total. The number of hydrogen-bond acceptors (Lipinski definition) is 4. The smallest absolute Gasteiger partial charge is 0.280 e. The molecule has 106 valence electrons. The molecule has 0 saturated heterocycles. The fraction of sp³-hybridized carbons (Fsp3) is 0.500. The maximum Gasteiger partial charge on any atom is 0.280 e. The highest BCUT2D eigenvalue weighted by Gasteiger charge is 2.22. The van der Waals surface area contributed by atoms with Gasteiger partial charge in [-0.15, -0.1) is 11.3 Å². The lowest BCUT2D eigenvalue weighted by atomic mass is 10.1. The normalized spacial score (nSPS) is 18.1. The minimum atomic E-state index is -0.0598. The third-order valence-electron chi connectivity index (χ3n) is 3.58. The maximum absolute atomic E-state index is 12.2. The number of hydrogen-bond donors (Lipinski definition) is 1. The largest absolute Gasteiger partial charge is 0.345 e. The van der Waals surface area contributed by atoms with E-state index in [4.69, 9.17) is 0 Å². The molecule has 0 spiro atoms. The number of aromatic nitrogens is 3. The lowest BCUT2D eigenvalue weighted by Crippen LogP contribution is -2.40. The molecule has 1 aliphatic rings. The molecular formula is C14H18N4OS. The molecule has 0 bridgehead atoms. The van der Waals surface area contributed by atoms with Crippen LogP contribution in [0.3, 0.4) is 0 Å². The summed E-state index contributed by atoms with van der Waals surface area (Å²) in [5, 5.41) is 5.61. The van der Waals surface area contributed by atoms with Gasteiger partial charge in [-0.1, -0.05) is 13.8 Å². The van der Waals surface area contributed by atoms with Crippen molar-refractivity contribution < 1.29 is 4.79 Å². The van der Waals surface area contributed by atoms with E-state index in [9.17, 15) is 4.79 Å². The SMILES string of the molecule is CC(C)c1csc(C(=O)N[C@@H]2CCc3nccn3C2)n1. The second-order valence-corrected chi connectivity index (χ2v) is 6.30. The van der Waals surface area contributed by atoms with Crippen LogP contribution in [0.25, 0.3) is 0 Å². The van der Waals surface area contributed by atoms with E-state index in [1.54, 1.807) is 0 Å². The van der Waals surface area contributed by atoms with Crippen molar-refractivity contribution in [1.82, 2.24) is 19.9 Å². The van der Waals surface area contributed by atoms with Crippen LogP contribution in [-0.2, 0) is 13.0 Å². The van der Waals surface area contributed by atoms with Gasteiger partial charge in [-0.05, 0) is 12.3 Å². The summed E-state index contributed by atoms with van der Waals surface area (Å²) in [5.74, 6) is 1.40. The Morgan fingerprint density at radius 2 is 2.40 bits per heavy atom. The van der Waals surface area contributed by atoms with Gasteiger partial charge in [0, 0.05) is 36.8 Å². The zero-order valence-corrected chi connectivity index (χ0v) is 12.5. The van der Waals surface area contributed by atoms with Crippen LogP contribution >= 0.6 is 11.3 Å². The number of imidazole rings is 1. The Balaban J connectivity index is 1.64. The predicted octanol–water partition coefficient (Wildman–Crippen LogP) is 2.21. The molecule has 20 heavy (non-hydrogen) atoms. The molecule has 6 heteroatoms. The number of aryl methyl sites for hydroxylation is 1. The Morgan fingerprint density at radius 1 is 1.55 bits per heavy atom. The van der Waals surface area contributed by atoms with Crippen LogP contribution in [0.1, 0.15) is 47.5 Å².